The summed E-state index contributed by atoms with van der Waals surface area (Å²) in [5, 5.41) is 25.1. The fourth-order valence-electron chi connectivity index (χ4n) is 3.03. The average molecular weight is 447 g/mol. The Morgan fingerprint density at radius 1 is 1.27 bits per heavy atom. The average Bonchev–Trinajstić information content (AvgIpc) is 3.45. The number of halogens is 1. The van der Waals surface area contributed by atoms with Crippen molar-refractivity contribution < 1.29 is 24.3 Å². The number of para-hydroxylation sites is 1. The van der Waals surface area contributed by atoms with Crippen molar-refractivity contribution in [2.75, 3.05) is 13.2 Å². The van der Waals surface area contributed by atoms with Crippen molar-refractivity contribution in [3.05, 3.63) is 57.8 Å². The fourth-order valence-corrected chi connectivity index (χ4v) is 4.02. The molecule has 0 fully saturated rings. The SMILES string of the molecule is O=C(NCCO)c1cccc2c1nc(C(=O)O)n2Cc1cc(-c2ccc(Cl)s2)on1. The van der Waals surface area contributed by atoms with Gasteiger partial charge in [-0.3, -0.25) is 4.79 Å². The predicted octanol–water partition coefficient (Wildman–Crippen LogP) is 2.87. The summed E-state index contributed by atoms with van der Waals surface area (Å²) in [6.45, 7) is -0.0426. The van der Waals surface area contributed by atoms with Crippen LogP contribution >= 0.6 is 22.9 Å². The highest BCUT2D eigenvalue weighted by atomic mass is 35.5. The number of nitrogens with one attached hydrogen (secondary N) is 1. The van der Waals surface area contributed by atoms with Crippen LogP contribution in [-0.4, -0.2) is 49.9 Å². The van der Waals surface area contributed by atoms with E-state index in [0.717, 1.165) is 4.88 Å². The van der Waals surface area contributed by atoms with Gasteiger partial charge in [0.2, 0.25) is 5.82 Å². The molecule has 3 N–H and O–H groups in total. The number of aliphatic hydroxyl groups is 1. The first-order chi connectivity index (χ1) is 14.5. The Labute approximate surface area is 178 Å². The van der Waals surface area contributed by atoms with Crippen molar-refractivity contribution in [2.45, 2.75) is 6.54 Å². The van der Waals surface area contributed by atoms with Gasteiger partial charge in [0.1, 0.15) is 11.2 Å². The molecule has 0 atom stereocenters. The van der Waals surface area contributed by atoms with E-state index in [1.165, 1.54) is 15.9 Å². The lowest BCUT2D eigenvalue weighted by Gasteiger charge is -2.06. The second-order valence-corrected chi connectivity index (χ2v) is 7.98. The maximum Gasteiger partial charge on any atom is 0.372 e. The summed E-state index contributed by atoms with van der Waals surface area (Å²) in [6, 6.07) is 10.1. The molecule has 1 aromatic carbocycles. The number of thiophene rings is 1. The zero-order valence-corrected chi connectivity index (χ0v) is 16.9. The number of hydrogen-bond acceptors (Lipinski definition) is 7. The van der Waals surface area contributed by atoms with Crippen LogP contribution in [0.2, 0.25) is 4.34 Å². The number of carboxylic acids is 1. The van der Waals surface area contributed by atoms with Crippen molar-refractivity contribution in [2.24, 2.45) is 0 Å². The zero-order valence-electron chi connectivity index (χ0n) is 15.3. The number of aromatic carboxylic acids is 1. The standard InChI is InChI=1S/C19H15ClN4O5S/c20-15-5-4-14(30-15)13-8-10(23-29-13)9-24-12-3-1-2-11(18(26)21-6-7-25)16(12)22-17(24)19(27)28/h1-5,8,25H,6-7,9H2,(H,21,26)(H,27,28). The van der Waals surface area contributed by atoms with Gasteiger partial charge in [-0.15, -0.1) is 11.3 Å². The summed E-state index contributed by atoms with van der Waals surface area (Å²) >= 11 is 7.30. The van der Waals surface area contributed by atoms with Gasteiger partial charge < -0.3 is 24.6 Å². The molecule has 4 rings (SSSR count). The molecular formula is C19H15ClN4O5S. The molecular weight excluding hydrogens is 432 g/mol. The lowest BCUT2D eigenvalue weighted by molar-refractivity contribution is 0.0679. The van der Waals surface area contributed by atoms with Crippen molar-refractivity contribution in [1.82, 2.24) is 20.0 Å². The first kappa shape index (κ1) is 20.1. The smallest absolute Gasteiger partial charge is 0.372 e. The van der Waals surface area contributed by atoms with E-state index in [1.54, 1.807) is 30.3 Å². The molecule has 3 heterocycles. The first-order valence-corrected chi connectivity index (χ1v) is 10.00. The molecule has 0 aliphatic heterocycles. The van der Waals surface area contributed by atoms with Gasteiger partial charge in [-0.1, -0.05) is 22.8 Å². The quantitative estimate of drug-likeness (QED) is 0.398. The number of aromatic nitrogens is 3. The molecule has 11 heteroatoms. The molecule has 3 aromatic heterocycles. The van der Waals surface area contributed by atoms with Gasteiger partial charge in [0.05, 0.1) is 33.4 Å². The molecule has 0 radical (unpaired) electrons. The van der Waals surface area contributed by atoms with Crippen LogP contribution in [0.25, 0.3) is 21.7 Å². The number of aliphatic hydroxyl groups excluding tert-OH is 1. The number of carboxylic acid groups (broad SMARTS) is 1. The summed E-state index contributed by atoms with van der Waals surface area (Å²) < 4.78 is 7.44. The zero-order chi connectivity index (χ0) is 21.3. The number of rotatable bonds is 7. The molecule has 0 spiro atoms. The lowest BCUT2D eigenvalue weighted by atomic mass is 10.1. The van der Waals surface area contributed by atoms with Crippen LogP contribution in [0.1, 0.15) is 26.7 Å². The number of hydrogen-bond donors (Lipinski definition) is 3. The highest BCUT2D eigenvalue weighted by Gasteiger charge is 2.22. The third-order valence-corrected chi connectivity index (χ3v) is 5.55. The van der Waals surface area contributed by atoms with Crippen molar-refractivity contribution in [1.29, 1.82) is 0 Å². The molecule has 1 amide bonds. The Hall–Kier alpha value is -3.21. The Bertz CT molecular complexity index is 1240. The van der Waals surface area contributed by atoms with Crippen LogP contribution in [0.15, 0.2) is 40.9 Å². The minimum Gasteiger partial charge on any atom is -0.475 e. The predicted molar refractivity (Wildman–Crippen MR) is 110 cm³/mol. The Kier molecular flexibility index (Phi) is 5.53. The van der Waals surface area contributed by atoms with E-state index in [9.17, 15) is 14.7 Å². The number of nitrogens with zero attached hydrogens (tertiary/aromatic N) is 3. The third kappa shape index (κ3) is 3.80. The Morgan fingerprint density at radius 3 is 2.80 bits per heavy atom. The molecule has 30 heavy (non-hydrogen) atoms. The highest BCUT2D eigenvalue weighted by Crippen LogP contribution is 2.31. The Morgan fingerprint density at radius 2 is 2.10 bits per heavy atom. The number of fused-ring (bicyclic) bond motifs is 1. The van der Waals surface area contributed by atoms with Gasteiger partial charge in [-0.05, 0) is 24.3 Å². The summed E-state index contributed by atoms with van der Waals surface area (Å²) in [7, 11) is 0. The number of imidazole rings is 1. The topological polar surface area (TPSA) is 130 Å². The minimum atomic E-state index is -1.23. The molecule has 0 aliphatic rings. The summed E-state index contributed by atoms with van der Waals surface area (Å²) in [5.41, 5.74) is 1.43. The van der Waals surface area contributed by atoms with Crippen molar-refractivity contribution in [3.63, 3.8) is 0 Å². The number of carbonyl (C=O) groups excluding carboxylic acids is 1. The van der Waals surface area contributed by atoms with E-state index in [-0.39, 0.29) is 36.6 Å². The van der Waals surface area contributed by atoms with Gasteiger partial charge in [0.15, 0.2) is 5.76 Å². The molecule has 154 valence electrons. The van der Waals surface area contributed by atoms with Gasteiger partial charge in [0.25, 0.3) is 5.91 Å². The third-order valence-electron chi connectivity index (χ3n) is 4.31. The number of amides is 1. The van der Waals surface area contributed by atoms with Crippen LogP contribution in [0.4, 0.5) is 0 Å². The van der Waals surface area contributed by atoms with Crippen LogP contribution < -0.4 is 5.32 Å². The molecule has 0 saturated heterocycles. The summed E-state index contributed by atoms with van der Waals surface area (Å²) in [4.78, 5) is 29.1. The molecule has 9 nitrogen and oxygen atoms in total. The monoisotopic (exact) mass is 446 g/mol. The largest absolute Gasteiger partial charge is 0.475 e. The van der Waals surface area contributed by atoms with E-state index >= 15 is 0 Å². The molecule has 0 bridgehead atoms. The van der Waals surface area contributed by atoms with Crippen LogP contribution in [0, 0.1) is 0 Å². The summed E-state index contributed by atoms with van der Waals surface area (Å²) in [6.07, 6.45) is 0. The van der Waals surface area contributed by atoms with Crippen LogP contribution in [-0.2, 0) is 6.54 Å². The normalized spacial score (nSPS) is 11.1. The van der Waals surface area contributed by atoms with E-state index in [4.69, 9.17) is 21.2 Å². The second kappa shape index (κ2) is 8.27. The van der Waals surface area contributed by atoms with Gasteiger partial charge in [-0.25, -0.2) is 9.78 Å². The van der Waals surface area contributed by atoms with Crippen molar-refractivity contribution >= 4 is 45.8 Å². The van der Waals surface area contributed by atoms with Gasteiger partial charge in [-0.2, -0.15) is 0 Å². The van der Waals surface area contributed by atoms with Gasteiger partial charge in [0, 0.05) is 12.6 Å². The second-order valence-electron chi connectivity index (χ2n) is 6.27. The summed E-state index contributed by atoms with van der Waals surface area (Å²) in [5.74, 6) is -1.39. The van der Waals surface area contributed by atoms with E-state index in [1.807, 2.05) is 6.07 Å². The molecule has 0 saturated carbocycles. The highest BCUT2D eigenvalue weighted by molar-refractivity contribution is 7.19. The maximum absolute atomic E-state index is 12.4. The first-order valence-electron chi connectivity index (χ1n) is 8.81. The number of benzene rings is 1. The Balaban J connectivity index is 1.73. The molecule has 0 unspecified atom stereocenters. The van der Waals surface area contributed by atoms with Crippen LogP contribution in [0.5, 0.6) is 0 Å². The van der Waals surface area contributed by atoms with Gasteiger partial charge >= 0.3 is 5.97 Å². The van der Waals surface area contributed by atoms with Crippen LogP contribution in [0.3, 0.4) is 0 Å². The van der Waals surface area contributed by atoms with E-state index < -0.39 is 11.9 Å². The lowest BCUT2D eigenvalue weighted by Crippen LogP contribution is -2.26. The van der Waals surface area contributed by atoms with E-state index in [2.05, 4.69) is 15.5 Å². The number of carbonyl (C=O) groups is 2. The molecule has 4 aromatic rings. The maximum atomic E-state index is 12.4. The minimum absolute atomic E-state index is 0.0795. The van der Waals surface area contributed by atoms with Crippen molar-refractivity contribution in [3.8, 4) is 10.6 Å². The van der Waals surface area contributed by atoms with E-state index in [0.29, 0.717) is 21.3 Å². The fraction of sp³-hybridized carbons (Fsp3) is 0.158. The molecule has 0 aliphatic carbocycles.